The lowest BCUT2D eigenvalue weighted by atomic mass is 9.80. The zero-order valence-corrected chi connectivity index (χ0v) is 19.9. The Morgan fingerprint density at radius 2 is 1.93 bits per heavy atom. The second-order valence-corrected chi connectivity index (χ2v) is 9.64. The molecule has 0 spiro atoms. The van der Waals surface area contributed by atoms with E-state index < -0.39 is 0 Å². The minimum absolute atomic E-state index is 0.372. The molecule has 1 nitrogen and oxygen atoms in total. The van der Waals surface area contributed by atoms with Crippen LogP contribution in [0.2, 0.25) is 0 Å². The zero-order chi connectivity index (χ0) is 21.5. The SMILES string of the molecule is C=C=CC(C/C(CC(C)CCCC)=C1\CCCCCCCC(CCN)C1)C(=C)C. The van der Waals surface area contributed by atoms with Gasteiger partial charge in [-0.1, -0.05) is 95.1 Å². The summed E-state index contributed by atoms with van der Waals surface area (Å²) in [5.74, 6) is 1.91. The molecule has 0 amide bonds. The van der Waals surface area contributed by atoms with Gasteiger partial charge in [-0.2, -0.15) is 0 Å². The fourth-order valence-corrected chi connectivity index (χ4v) is 4.89. The lowest BCUT2D eigenvalue weighted by molar-refractivity contribution is 0.404. The fourth-order valence-electron chi connectivity index (χ4n) is 4.89. The highest BCUT2D eigenvalue weighted by atomic mass is 14.5. The molecular formula is C28H49N. The number of allylic oxidation sites excluding steroid dienone is 4. The van der Waals surface area contributed by atoms with Gasteiger partial charge in [0.25, 0.3) is 0 Å². The minimum Gasteiger partial charge on any atom is -0.330 e. The highest BCUT2D eigenvalue weighted by Crippen LogP contribution is 2.35. The van der Waals surface area contributed by atoms with Crippen molar-refractivity contribution in [3.63, 3.8) is 0 Å². The third-order valence-corrected chi connectivity index (χ3v) is 6.76. The van der Waals surface area contributed by atoms with Crippen LogP contribution in [0.25, 0.3) is 0 Å². The molecule has 1 saturated carbocycles. The molecule has 0 aromatic rings. The van der Waals surface area contributed by atoms with Crippen LogP contribution in [-0.4, -0.2) is 6.54 Å². The average molecular weight is 400 g/mol. The van der Waals surface area contributed by atoms with Crippen LogP contribution in [0.15, 0.2) is 41.7 Å². The summed E-state index contributed by atoms with van der Waals surface area (Å²) in [5.41, 5.74) is 13.7. The van der Waals surface area contributed by atoms with Crippen molar-refractivity contribution in [2.75, 3.05) is 6.54 Å². The normalized spacial score (nSPS) is 22.3. The third-order valence-electron chi connectivity index (χ3n) is 6.76. The Bertz CT molecular complexity index is 533. The minimum atomic E-state index is 0.372. The van der Waals surface area contributed by atoms with Crippen LogP contribution in [0.4, 0.5) is 0 Å². The number of hydrogen-bond acceptors (Lipinski definition) is 1. The number of nitrogens with two attached hydrogens (primary N) is 1. The van der Waals surface area contributed by atoms with E-state index in [1.54, 1.807) is 11.1 Å². The Balaban J connectivity index is 3.17. The van der Waals surface area contributed by atoms with Gasteiger partial charge in [0, 0.05) is 5.92 Å². The molecule has 0 aliphatic heterocycles. The van der Waals surface area contributed by atoms with Gasteiger partial charge in [-0.05, 0) is 69.9 Å². The summed E-state index contributed by atoms with van der Waals surface area (Å²) in [5, 5.41) is 0. The van der Waals surface area contributed by atoms with E-state index in [2.05, 4.69) is 45.7 Å². The molecule has 1 aliphatic rings. The van der Waals surface area contributed by atoms with Gasteiger partial charge in [0.2, 0.25) is 0 Å². The lowest BCUT2D eigenvalue weighted by Gasteiger charge is -2.26. The van der Waals surface area contributed by atoms with Crippen molar-refractivity contribution in [3.8, 4) is 0 Å². The van der Waals surface area contributed by atoms with E-state index in [1.807, 2.05) is 0 Å². The number of unbranched alkanes of at least 4 members (excludes halogenated alkanes) is 1. The fraction of sp³-hybridized carbons (Fsp3) is 0.750. The molecule has 29 heavy (non-hydrogen) atoms. The van der Waals surface area contributed by atoms with Gasteiger partial charge in [-0.15, -0.1) is 5.73 Å². The maximum Gasteiger partial charge on any atom is 0.00842 e. The molecule has 1 fully saturated rings. The zero-order valence-electron chi connectivity index (χ0n) is 19.9. The van der Waals surface area contributed by atoms with Crippen LogP contribution in [0.3, 0.4) is 0 Å². The quantitative estimate of drug-likeness (QED) is 0.273. The Morgan fingerprint density at radius 3 is 2.59 bits per heavy atom. The Hall–Kier alpha value is -1.04. The first-order valence-electron chi connectivity index (χ1n) is 12.4. The van der Waals surface area contributed by atoms with Crippen molar-refractivity contribution in [3.05, 3.63) is 41.7 Å². The monoisotopic (exact) mass is 399 g/mol. The highest BCUT2D eigenvalue weighted by Gasteiger charge is 2.19. The second kappa shape index (κ2) is 15.8. The number of hydrogen-bond donors (Lipinski definition) is 1. The maximum atomic E-state index is 5.99. The van der Waals surface area contributed by atoms with Crippen molar-refractivity contribution < 1.29 is 0 Å². The molecule has 1 heteroatoms. The first kappa shape index (κ1) is 26.0. The van der Waals surface area contributed by atoms with Crippen molar-refractivity contribution in [2.45, 2.75) is 111 Å². The van der Waals surface area contributed by atoms with Gasteiger partial charge >= 0.3 is 0 Å². The first-order chi connectivity index (χ1) is 14.0. The third kappa shape index (κ3) is 11.1. The van der Waals surface area contributed by atoms with Crippen LogP contribution in [-0.2, 0) is 0 Å². The Kier molecular flexibility index (Phi) is 14.1. The average Bonchev–Trinajstić information content (AvgIpc) is 2.69. The molecule has 0 bridgehead atoms. The standard InChI is InChI=1S/C28H49N/c1-6-8-15-24(5)20-28(22-26(14-7-2)23(3)4)27-17-13-11-9-10-12-16-25(21-27)18-19-29/h14,24-26H,2-3,6,8-13,15-22,29H2,1,4-5H3/b28-27+. The Labute approximate surface area is 182 Å². The topological polar surface area (TPSA) is 26.0 Å². The summed E-state index contributed by atoms with van der Waals surface area (Å²) in [6.07, 6.45) is 20.5. The molecule has 0 aromatic heterocycles. The Morgan fingerprint density at radius 1 is 1.21 bits per heavy atom. The summed E-state index contributed by atoms with van der Waals surface area (Å²) < 4.78 is 0. The van der Waals surface area contributed by atoms with Crippen LogP contribution >= 0.6 is 0 Å². The molecule has 1 rings (SSSR count). The van der Waals surface area contributed by atoms with Gasteiger partial charge < -0.3 is 5.73 Å². The van der Waals surface area contributed by atoms with Crippen molar-refractivity contribution >= 4 is 0 Å². The smallest absolute Gasteiger partial charge is 0.00842 e. The molecule has 0 heterocycles. The van der Waals surface area contributed by atoms with Crippen molar-refractivity contribution in [2.24, 2.45) is 23.5 Å². The van der Waals surface area contributed by atoms with Gasteiger partial charge in [0.1, 0.15) is 0 Å². The lowest BCUT2D eigenvalue weighted by Crippen LogP contribution is -2.13. The summed E-state index contributed by atoms with van der Waals surface area (Å²) in [4.78, 5) is 0. The molecular weight excluding hydrogens is 350 g/mol. The van der Waals surface area contributed by atoms with E-state index in [9.17, 15) is 0 Å². The van der Waals surface area contributed by atoms with E-state index in [-0.39, 0.29) is 0 Å². The van der Waals surface area contributed by atoms with Gasteiger partial charge in [-0.3, -0.25) is 0 Å². The molecule has 3 atom stereocenters. The van der Waals surface area contributed by atoms with Crippen LogP contribution < -0.4 is 5.73 Å². The summed E-state index contributed by atoms with van der Waals surface area (Å²) >= 11 is 0. The molecule has 1 aliphatic carbocycles. The predicted octanol–water partition coefficient (Wildman–Crippen LogP) is 8.52. The highest BCUT2D eigenvalue weighted by molar-refractivity contribution is 5.21. The summed E-state index contributed by atoms with van der Waals surface area (Å²) in [7, 11) is 0. The second-order valence-electron chi connectivity index (χ2n) is 9.64. The van der Waals surface area contributed by atoms with E-state index >= 15 is 0 Å². The molecule has 3 unspecified atom stereocenters. The first-order valence-corrected chi connectivity index (χ1v) is 12.4. The van der Waals surface area contributed by atoms with E-state index in [0.717, 1.165) is 24.8 Å². The van der Waals surface area contributed by atoms with Crippen LogP contribution in [0, 0.1) is 17.8 Å². The largest absolute Gasteiger partial charge is 0.330 e. The van der Waals surface area contributed by atoms with E-state index in [0.29, 0.717) is 5.92 Å². The molecule has 0 aromatic carbocycles. The van der Waals surface area contributed by atoms with E-state index in [4.69, 9.17) is 5.73 Å². The summed E-state index contributed by atoms with van der Waals surface area (Å²) in [6.45, 7) is 15.8. The predicted molar refractivity (Wildman–Crippen MR) is 131 cm³/mol. The van der Waals surface area contributed by atoms with Gasteiger partial charge in [0.15, 0.2) is 0 Å². The van der Waals surface area contributed by atoms with Crippen LogP contribution in [0.1, 0.15) is 111 Å². The number of rotatable bonds is 11. The van der Waals surface area contributed by atoms with Crippen molar-refractivity contribution in [1.82, 2.24) is 0 Å². The van der Waals surface area contributed by atoms with E-state index in [1.165, 1.54) is 89.0 Å². The summed E-state index contributed by atoms with van der Waals surface area (Å²) in [6, 6.07) is 0. The molecule has 2 N–H and O–H groups in total. The molecule has 0 saturated heterocycles. The van der Waals surface area contributed by atoms with Gasteiger partial charge in [0.05, 0.1) is 0 Å². The van der Waals surface area contributed by atoms with Gasteiger partial charge in [-0.25, -0.2) is 0 Å². The van der Waals surface area contributed by atoms with Crippen molar-refractivity contribution in [1.29, 1.82) is 0 Å². The maximum absolute atomic E-state index is 5.99. The molecule has 0 radical (unpaired) electrons. The van der Waals surface area contributed by atoms with Crippen LogP contribution in [0.5, 0.6) is 0 Å². The molecule has 166 valence electrons.